The normalized spacial score (nSPS) is 26.8. The van der Waals surface area contributed by atoms with E-state index in [0.29, 0.717) is 0 Å². The van der Waals surface area contributed by atoms with E-state index in [0.717, 1.165) is 13.0 Å². The van der Waals surface area contributed by atoms with Crippen molar-refractivity contribution in [3.63, 3.8) is 0 Å². The molecule has 1 aliphatic rings. The monoisotopic (exact) mass is 232 g/mol. The summed E-state index contributed by atoms with van der Waals surface area (Å²) in [6.45, 7) is 12.1. The van der Waals surface area contributed by atoms with Crippen LogP contribution < -0.4 is 0 Å². The van der Waals surface area contributed by atoms with Crippen molar-refractivity contribution in [2.45, 2.75) is 57.5 Å². The molecule has 15 heavy (non-hydrogen) atoms. The van der Waals surface area contributed by atoms with Crippen molar-refractivity contribution in [3.8, 4) is 0 Å². The Balaban J connectivity index is 2.20. The summed E-state index contributed by atoms with van der Waals surface area (Å²) < 4.78 is 11.3. The Morgan fingerprint density at radius 3 is 2.27 bits per heavy atom. The van der Waals surface area contributed by atoms with Crippen LogP contribution in [0.15, 0.2) is 0 Å². The third-order valence-corrected chi connectivity index (χ3v) is 8.08. The van der Waals surface area contributed by atoms with Gasteiger partial charge in [-0.05, 0) is 24.6 Å². The molecular formula is C11H24O3Si. The summed E-state index contributed by atoms with van der Waals surface area (Å²) in [6, 6.07) is 0. The van der Waals surface area contributed by atoms with Gasteiger partial charge < -0.3 is 14.3 Å². The molecule has 1 saturated heterocycles. The average Bonchev–Trinajstić information content (AvgIpc) is 2.81. The Morgan fingerprint density at radius 1 is 1.27 bits per heavy atom. The Hall–Kier alpha value is 0.0969. The van der Waals surface area contributed by atoms with E-state index >= 15 is 0 Å². The highest BCUT2D eigenvalue weighted by atomic mass is 28.4. The van der Waals surface area contributed by atoms with Gasteiger partial charge in [-0.15, -0.1) is 0 Å². The van der Waals surface area contributed by atoms with Gasteiger partial charge in [-0.2, -0.15) is 0 Å². The van der Waals surface area contributed by atoms with E-state index in [2.05, 4.69) is 33.9 Å². The number of aliphatic hydroxyl groups excluding tert-OH is 1. The molecule has 1 rings (SSSR count). The van der Waals surface area contributed by atoms with Gasteiger partial charge in [0.25, 0.3) is 0 Å². The Morgan fingerprint density at radius 2 is 1.87 bits per heavy atom. The highest BCUT2D eigenvalue weighted by Crippen LogP contribution is 2.37. The number of ether oxygens (including phenoxy) is 1. The second kappa shape index (κ2) is 4.53. The lowest BCUT2D eigenvalue weighted by Gasteiger charge is -2.36. The molecule has 0 amide bonds. The average molecular weight is 232 g/mol. The largest absolute Gasteiger partial charge is 0.417 e. The van der Waals surface area contributed by atoms with Gasteiger partial charge in [0, 0.05) is 6.61 Å². The van der Waals surface area contributed by atoms with Crippen LogP contribution in [0.3, 0.4) is 0 Å². The molecule has 3 nitrogen and oxygen atoms in total. The maximum absolute atomic E-state index is 8.81. The summed E-state index contributed by atoms with van der Waals surface area (Å²) in [6.07, 6.45) is 1.23. The van der Waals surface area contributed by atoms with Crippen LogP contribution in [0.1, 0.15) is 27.2 Å². The topological polar surface area (TPSA) is 42.0 Å². The van der Waals surface area contributed by atoms with Gasteiger partial charge in [-0.25, -0.2) is 0 Å². The highest BCUT2D eigenvalue weighted by molar-refractivity contribution is 6.74. The molecule has 1 N–H and O–H groups in total. The molecule has 0 unspecified atom stereocenters. The third kappa shape index (κ3) is 3.55. The van der Waals surface area contributed by atoms with Crippen LogP contribution in [0.25, 0.3) is 0 Å². The lowest BCUT2D eigenvalue weighted by atomic mass is 10.2. The molecule has 90 valence electrons. The fraction of sp³-hybridized carbons (Fsp3) is 1.00. The lowest BCUT2D eigenvalue weighted by Crippen LogP contribution is -2.41. The van der Waals surface area contributed by atoms with Crippen molar-refractivity contribution >= 4 is 8.32 Å². The van der Waals surface area contributed by atoms with Crippen molar-refractivity contribution in [1.29, 1.82) is 0 Å². The van der Waals surface area contributed by atoms with Crippen LogP contribution in [-0.4, -0.2) is 38.8 Å². The van der Waals surface area contributed by atoms with E-state index in [1.54, 1.807) is 0 Å². The highest BCUT2D eigenvalue weighted by Gasteiger charge is 2.40. The standard InChI is InChI=1S/C11H24O3Si/c1-11(2,3)15(4,5)13-7-6-9-10(8-12)14-9/h9-10,12H,6-8H2,1-5H3/t9-,10+/m1/s1. The van der Waals surface area contributed by atoms with Crippen molar-refractivity contribution < 1.29 is 14.3 Å². The molecule has 4 heteroatoms. The second-order valence-corrected chi connectivity index (χ2v) is 10.6. The molecule has 0 radical (unpaired) electrons. The summed E-state index contributed by atoms with van der Waals surface area (Å²) in [5.74, 6) is 0. The molecule has 0 aromatic rings. The zero-order valence-electron chi connectivity index (χ0n) is 10.5. The molecular weight excluding hydrogens is 208 g/mol. The Kier molecular flexibility index (Phi) is 3.98. The van der Waals surface area contributed by atoms with E-state index < -0.39 is 8.32 Å². The lowest BCUT2D eigenvalue weighted by molar-refractivity contribution is 0.236. The summed E-state index contributed by atoms with van der Waals surface area (Å²) >= 11 is 0. The Labute approximate surface area is 93.9 Å². The summed E-state index contributed by atoms with van der Waals surface area (Å²) in [5.41, 5.74) is 0. The molecule has 0 aromatic heterocycles. The molecule has 1 fully saturated rings. The third-order valence-electron chi connectivity index (χ3n) is 3.54. The first-order chi connectivity index (χ1) is 6.78. The van der Waals surface area contributed by atoms with Gasteiger partial charge in [0.1, 0.15) is 6.10 Å². The molecule has 2 atom stereocenters. The van der Waals surface area contributed by atoms with Crippen molar-refractivity contribution in [3.05, 3.63) is 0 Å². The van der Waals surface area contributed by atoms with Crippen molar-refractivity contribution in [1.82, 2.24) is 0 Å². The summed E-state index contributed by atoms with van der Waals surface area (Å²) in [7, 11) is -1.59. The second-order valence-electron chi connectivity index (χ2n) is 5.79. The fourth-order valence-corrected chi connectivity index (χ4v) is 2.30. The van der Waals surface area contributed by atoms with Gasteiger partial charge in [-0.1, -0.05) is 20.8 Å². The Bertz CT molecular complexity index is 210. The van der Waals surface area contributed by atoms with Crippen LogP contribution in [-0.2, 0) is 9.16 Å². The maximum atomic E-state index is 8.81. The van der Waals surface area contributed by atoms with Gasteiger partial charge in [0.2, 0.25) is 0 Å². The summed E-state index contributed by atoms with van der Waals surface area (Å²) in [4.78, 5) is 0. The minimum absolute atomic E-state index is 0.0769. The van der Waals surface area contributed by atoms with Crippen LogP contribution in [0.2, 0.25) is 18.1 Å². The van der Waals surface area contributed by atoms with Gasteiger partial charge in [-0.3, -0.25) is 0 Å². The maximum Gasteiger partial charge on any atom is 0.191 e. The number of rotatable bonds is 5. The SMILES string of the molecule is CC(C)(C)[Si](C)(C)OCC[C@H]1O[C@H]1CO. The smallest absolute Gasteiger partial charge is 0.191 e. The number of epoxide rings is 1. The van der Waals surface area contributed by atoms with E-state index in [-0.39, 0.29) is 23.9 Å². The molecule has 1 aliphatic heterocycles. The first kappa shape index (κ1) is 13.2. The van der Waals surface area contributed by atoms with Crippen molar-refractivity contribution in [2.24, 2.45) is 0 Å². The predicted molar refractivity (Wildman–Crippen MR) is 63.5 cm³/mol. The van der Waals surface area contributed by atoms with Crippen LogP contribution >= 0.6 is 0 Å². The zero-order valence-corrected chi connectivity index (χ0v) is 11.5. The number of aliphatic hydroxyl groups is 1. The molecule has 0 spiro atoms. The predicted octanol–water partition coefficient (Wildman–Crippen LogP) is 2.16. The van der Waals surface area contributed by atoms with Gasteiger partial charge >= 0.3 is 0 Å². The molecule has 0 aliphatic carbocycles. The molecule has 0 aromatic carbocycles. The number of hydrogen-bond donors (Lipinski definition) is 1. The molecule has 0 saturated carbocycles. The van der Waals surface area contributed by atoms with Crippen molar-refractivity contribution in [2.75, 3.05) is 13.2 Å². The minimum atomic E-state index is -1.59. The van der Waals surface area contributed by atoms with E-state index in [1.165, 1.54) is 0 Å². The minimum Gasteiger partial charge on any atom is -0.417 e. The van der Waals surface area contributed by atoms with E-state index in [1.807, 2.05) is 0 Å². The van der Waals surface area contributed by atoms with Crippen LogP contribution in [0.5, 0.6) is 0 Å². The zero-order chi connectivity index (χ0) is 11.7. The van der Waals surface area contributed by atoms with Crippen LogP contribution in [0, 0.1) is 0 Å². The van der Waals surface area contributed by atoms with Crippen LogP contribution in [0.4, 0.5) is 0 Å². The summed E-state index contributed by atoms with van der Waals surface area (Å²) in [5, 5.41) is 9.08. The first-order valence-electron chi connectivity index (χ1n) is 5.68. The van der Waals surface area contributed by atoms with E-state index in [4.69, 9.17) is 14.3 Å². The fourth-order valence-electron chi connectivity index (χ4n) is 1.24. The molecule has 0 bridgehead atoms. The number of hydrogen-bond acceptors (Lipinski definition) is 3. The first-order valence-corrected chi connectivity index (χ1v) is 8.59. The molecule has 1 heterocycles. The quantitative estimate of drug-likeness (QED) is 0.583. The van der Waals surface area contributed by atoms with Gasteiger partial charge in [0.15, 0.2) is 8.32 Å². The van der Waals surface area contributed by atoms with E-state index in [9.17, 15) is 0 Å². The van der Waals surface area contributed by atoms with Gasteiger partial charge in [0.05, 0.1) is 12.7 Å².